The van der Waals surface area contributed by atoms with E-state index in [0.717, 1.165) is 28.4 Å². The van der Waals surface area contributed by atoms with E-state index in [1.165, 1.54) is 0 Å². The number of hydrogen-bond donors (Lipinski definition) is 1. The topological polar surface area (TPSA) is 70.5 Å². The lowest BCUT2D eigenvalue weighted by Crippen LogP contribution is -2.27. The first-order valence-electron chi connectivity index (χ1n) is 9.34. The summed E-state index contributed by atoms with van der Waals surface area (Å²) >= 11 is 5.93. The summed E-state index contributed by atoms with van der Waals surface area (Å²) < 4.78 is 22.2. The van der Waals surface area contributed by atoms with Crippen molar-refractivity contribution in [2.45, 2.75) is 19.6 Å². The van der Waals surface area contributed by atoms with Gasteiger partial charge in [-0.15, -0.1) is 0 Å². The molecule has 2 unspecified atom stereocenters. The molecule has 0 saturated carbocycles. The zero-order valence-corrected chi connectivity index (χ0v) is 17.3. The molecule has 2 aliphatic heterocycles. The van der Waals surface area contributed by atoms with Crippen molar-refractivity contribution in [3.05, 3.63) is 46.5 Å². The summed E-state index contributed by atoms with van der Waals surface area (Å²) in [6, 6.07) is 9.63. The lowest BCUT2D eigenvalue weighted by Gasteiger charge is -2.20. The molecule has 1 N–H and O–H groups in total. The third-order valence-corrected chi connectivity index (χ3v) is 5.39. The molecule has 4 rings (SSSR count). The van der Waals surface area contributed by atoms with Gasteiger partial charge < -0.3 is 29.1 Å². The summed E-state index contributed by atoms with van der Waals surface area (Å²) in [5, 5.41) is 8.44. The van der Waals surface area contributed by atoms with Crippen molar-refractivity contribution in [1.82, 2.24) is 5.32 Å². The Morgan fingerprint density at radius 3 is 2.59 bits per heavy atom. The number of ether oxygens (including phenoxy) is 4. The van der Waals surface area contributed by atoms with Gasteiger partial charge in [-0.05, 0) is 23.8 Å². The number of halogens is 1. The molecular formula is C21H23ClN2O5. The van der Waals surface area contributed by atoms with Gasteiger partial charge in [0.1, 0.15) is 0 Å². The maximum atomic E-state index is 5.93. The summed E-state index contributed by atoms with van der Waals surface area (Å²) in [6.07, 6.45) is -0.305. The molecule has 0 bridgehead atoms. The van der Waals surface area contributed by atoms with Crippen molar-refractivity contribution in [2.75, 3.05) is 27.6 Å². The Labute approximate surface area is 174 Å². The third-order valence-electron chi connectivity index (χ3n) is 5.13. The van der Waals surface area contributed by atoms with Crippen LogP contribution in [-0.2, 0) is 11.4 Å². The molecule has 2 aliphatic rings. The lowest BCUT2D eigenvalue weighted by atomic mass is 9.92. The van der Waals surface area contributed by atoms with Crippen molar-refractivity contribution in [2.24, 2.45) is 11.1 Å². The summed E-state index contributed by atoms with van der Waals surface area (Å²) in [5.74, 6) is 2.29. The van der Waals surface area contributed by atoms with Gasteiger partial charge in [-0.1, -0.05) is 35.8 Å². The summed E-state index contributed by atoms with van der Waals surface area (Å²) in [6.45, 7) is 3.54. The number of hydrogen-bond acceptors (Lipinski definition) is 7. The standard InChI is InChI=1S/C21H23ClN2O5/c1-12-16(10-23-9-13-4-6-14(22)7-5-13)24-29-18(12)15-8-17(25-2)20-21(19(15)26-3)28-11-27-20/h4-8,12,18,23H,9-11H2,1-3H3. The van der Waals surface area contributed by atoms with E-state index >= 15 is 0 Å². The minimum Gasteiger partial charge on any atom is -0.493 e. The van der Waals surface area contributed by atoms with Gasteiger partial charge in [-0.25, -0.2) is 0 Å². The Morgan fingerprint density at radius 2 is 1.86 bits per heavy atom. The maximum Gasteiger partial charge on any atom is 0.231 e. The fraction of sp³-hybridized carbons (Fsp3) is 0.381. The number of rotatable bonds is 7. The molecule has 0 amide bonds. The number of nitrogens with zero attached hydrogens (tertiary/aromatic N) is 1. The normalized spacial score (nSPS) is 19.7. The van der Waals surface area contributed by atoms with E-state index in [0.29, 0.717) is 29.5 Å². The smallest absolute Gasteiger partial charge is 0.231 e. The van der Waals surface area contributed by atoms with Crippen LogP contribution in [0, 0.1) is 5.92 Å². The minimum absolute atomic E-state index is 0.0479. The molecule has 7 nitrogen and oxygen atoms in total. The molecule has 29 heavy (non-hydrogen) atoms. The van der Waals surface area contributed by atoms with E-state index in [9.17, 15) is 0 Å². The first kappa shape index (κ1) is 19.7. The number of oxime groups is 1. The molecule has 0 saturated heterocycles. The quantitative estimate of drug-likeness (QED) is 0.734. The van der Waals surface area contributed by atoms with Crippen LogP contribution in [0.5, 0.6) is 23.0 Å². The van der Waals surface area contributed by atoms with Crippen molar-refractivity contribution in [1.29, 1.82) is 0 Å². The zero-order chi connectivity index (χ0) is 20.4. The Bertz CT molecular complexity index is 916. The highest BCUT2D eigenvalue weighted by atomic mass is 35.5. The number of benzene rings is 2. The third kappa shape index (κ3) is 3.80. The largest absolute Gasteiger partial charge is 0.493 e. The highest BCUT2D eigenvalue weighted by Crippen LogP contribution is 2.52. The van der Waals surface area contributed by atoms with E-state index in [1.807, 2.05) is 30.3 Å². The van der Waals surface area contributed by atoms with Crippen molar-refractivity contribution >= 4 is 17.3 Å². The van der Waals surface area contributed by atoms with Crippen LogP contribution in [0.4, 0.5) is 0 Å². The summed E-state index contributed by atoms with van der Waals surface area (Å²) in [7, 11) is 3.19. The minimum atomic E-state index is -0.305. The van der Waals surface area contributed by atoms with E-state index < -0.39 is 0 Å². The summed E-state index contributed by atoms with van der Waals surface area (Å²) in [5.41, 5.74) is 2.90. The zero-order valence-electron chi connectivity index (χ0n) is 16.5. The molecule has 2 atom stereocenters. The van der Waals surface area contributed by atoms with Crippen molar-refractivity contribution in [3.8, 4) is 23.0 Å². The Balaban J connectivity index is 1.47. The van der Waals surface area contributed by atoms with Crippen LogP contribution in [-0.4, -0.2) is 33.3 Å². The first-order valence-corrected chi connectivity index (χ1v) is 9.72. The van der Waals surface area contributed by atoms with Gasteiger partial charge in [-0.2, -0.15) is 0 Å². The van der Waals surface area contributed by atoms with Crippen LogP contribution in [0.25, 0.3) is 0 Å². The molecule has 0 spiro atoms. The Hall–Kier alpha value is -2.64. The second-order valence-corrected chi connectivity index (χ2v) is 7.33. The molecule has 154 valence electrons. The van der Waals surface area contributed by atoms with Gasteiger partial charge in [0.15, 0.2) is 17.6 Å². The predicted octanol–water partition coefficient (Wildman–Crippen LogP) is 3.94. The molecule has 0 aliphatic carbocycles. The SMILES string of the molecule is COc1cc(C2ON=C(CNCc3ccc(Cl)cc3)C2C)c(OC)c2c1OCO2. The van der Waals surface area contributed by atoms with E-state index in [2.05, 4.69) is 17.4 Å². The van der Waals surface area contributed by atoms with E-state index in [4.69, 9.17) is 35.4 Å². The highest BCUT2D eigenvalue weighted by Gasteiger charge is 2.37. The van der Waals surface area contributed by atoms with Gasteiger partial charge in [-0.3, -0.25) is 0 Å². The van der Waals surface area contributed by atoms with Crippen molar-refractivity contribution < 1.29 is 23.8 Å². The Kier molecular flexibility index (Phi) is 5.69. The maximum absolute atomic E-state index is 5.93. The van der Waals surface area contributed by atoms with Gasteiger partial charge in [0.25, 0.3) is 0 Å². The number of methoxy groups -OCH3 is 2. The molecular weight excluding hydrogens is 396 g/mol. The molecule has 0 aromatic heterocycles. The van der Waals surface area contributed by atoms with Gasteiger partial charge in [0.05, 0.1) is 19.9 Å². The monoisotopic (exact) mass is 418 g/mol. The van der Waals surface area contributed by atoms with E-state index in [-0.39, 0.29) is 18.8 Å². The van der Waals surface area contributed by atoms with Crippen molar-refractivity contribution in [3.63, 3.8) is 0 Å². The molecule has 0 fully saturated rings. The second-order valence-electron chi connectivity index (χ2n) is 6.89. The van der Waals surface area contributed by atoms with Crippen LogP contribution in [0.2, 0.25) is 5.02 Å². The molecule has 2 heterocycles. The van der Waals surface area contributed by atoms with Crippen LogP contribution in [0.1, 0.15) is 24.2 Å². The van der Waals surface area contributed by atoms with Gasteiger partial charge in [0.2, 0.25) is 18.3 Å². The van der Waals surface area contributed by atoms with Gasteiger partial charge >= 0.3 is 0 Å². The van der Waals surface area contributed by atoms with Crippen LogP contribution in [0.15, 0.2) is 35.5 Å². The van der Waals surface area contributed by atoms with Gasteiger partial charge in [0, 0.05) is 29.6 Å². The second kappa shape index (κ2) is 8.39. The molecule has 8 heteroatoms. The predicted molar refractivity (Wildman–Crippen MR) is 109 cm³/mol. The van der Waals surface area contributed by atoms with E-state index in [1.54, 1.807) is 14.2 Å². The highest BCUT2D eigenvalue weighted by molar-refractivity contribution is 6.30. The lowest BCUT2D eigenvalue weighted by molar-refractivity contribution is 0.0628. The molecule has 2 aromatic rings. The number of fused-ring (bicyclic) bond motifs is 1. The molecule has 2 aromatic carbocycles. The average Bonchev–Trinajstić information content (AvgIpc) is 3.36. The fourth-order valence-electron chi connectivity index (χ4n) is 3.54. The average molecular weight is 419 g/mol. The Morgan fingerprint density at radius 1 is 1.10 bits per heavy atom. The first-order chi connectivity index (χ1) is 14.1. The fourth-order valence-corrected chi connectivity index (χ4v) is 3.66. The molecule has 0 radical (unpaired) electrons. The van der Waals surface area contributed by atoms with Crippen LogP contribution in [0.3, 0.4) is 0 Å². The number of nitrogens with one attached hydrogen (secondary N) is 1. The summed E-state index contributed by atoms with van der Waals surface area (Å²) in [4.78, 5) is 5.78. The van der Waals surface area contributed by atoms with Crippen LogP contribution < -0.4 is 24.3 Å². The van der Waals surface area contributed by atoms with Crippen LogP contribution >= 0.6 is 11.6 Å².